The van der Waals surface area contributed by atoms with Crippen LogP contribution in [0.1, 0.15) is 119 Å². The van der Waals surface area contributed by atoms with Crippen LogP contribution in [0.3, 0.4) is 0 Å². The zero-order valence-corrected chi connectivity index (χ0v) is 19.9. The van der Waals surface area contributed by atoms with Crippen molar-refractivity contribution in [2.24, 2.45) is 0 Å². The first-order valence-corrected chi connectivity index (χ1v) is 13.3. The molecular formula is C22H48O3Si. The van der Waals surface area contributed by atoms with Gasteiger partial charge in [0.15, 0.2) is 0 Å². The van der Waals surface area contributed by atoms with Gasteiger partial charge in [0.25, 0.3) is 0 Å². The number of unbranched alkanes of at least 4 members (excludes halogenated alkanes) is 10. The van der Waals surface area contributed by atoms with Gasteiger partial charge < -0.3 is 13.3 Å². The highest BCUT2D eigenvalue weighted by molar-refractivity contribution is 6.60. The molecule has 0 heterocycles. The van der Waals surface area contributed by atoms with Gasteiger partial charge in [0.2, 0.25) is 0 Å². The zero-order chi connectivity index (χ0) is 19.8. The maximum atomic E-state index is 6.25. The summed E-state index contributed by atoms with van der Waals surface area (Å²) < 4.78 is 18.7. The van der Waals surface area contributed by atoms with Crippen LogP contribution in [0.4, 0.5) is 0 Å². The Morgan fingerprint density at radius 2 is 0.808 bits per heavy atom. The Kier molecular flexibility index (Phi) is 16.1. The largest absolute Gasteiger partial charge is 0.501 e. The summed E-state index contributed by atoms with van der Waals surface area (Å²) in [6.45, 7) is 14.8. The van der Waals surface area contributed by atoms with Gasteiger partial charge in [0.05, 0.1) is 0 Å². The van der Waals surface area contributed by atoms with Crippen LogP contribution in [0.25, 0.3) is 0 Å². The van der Waals surface area contributed by atoms with Crippen LogP contribution in [0.15, 0.2) is 0 Å². The minimum Gasteiger partial charge on any atom is -0.371 e. The van der Waals surface area contributed by atoms with Crippen LogP contribution >= 0.6 is 0 Å². The van der Waals surface area contributed by atoms with Crippen molar-refractivity contribution in [2.45, 2.75) is 143 Å². The predicted molar refractivity (Wildman–Crippen MR) is 116 cm³/mol. The standard InChI is InChI=1S/C22H48O3Si/c1-8-9-10-11-12-13-14-15-16-17-18-19-26(23-20(2)3,24-21(4)5)25-22(6)7/h20-22H,8-19H2,1-7H3. The van der Waals surface area contributed by atoms with Gasteiger partial charge in [0, 0.05) is 24.4 Å². The smallest absolute Gasteiger partial charge is 0.371 e. The molecule has 0 aromatic rings. The molecule has 0 bridgehead atoms. The molecule has 0 rings (SSSR count). The van der Waals surface area contributed by atoms with Crippen LogP contribution < -0.4 is 0 Å². The lowest BCUT2D eigenvalue weighted by atomic mass is 10.1. The first-order chi connectivity index (χ1) is 12.3. The molecule has 0 unspecified atom stereocenters. The lowest BCUT2D eigenvalue weighted by molar-refractivity contribution is 0.00278. The average molecular weight is 389 g/mol. The molecule has 0 amide bonds. The van der Waals surface area contributed by atoms with Crippen molar-refractivity contribution in [1.82, 2.24) is 0 Å². The maximum absolute atomic E-state index is 6.25. The maximum Gasteiger partial charge on any atom is 0.501 e. The van der Waals surface area contributed by atoms with Gasteiger partial charge >= 0.3 is 8.80 Å². The summed E-state index contributed by atoms with van der Waals surface area (Å²) in [4.78, 5) is 0. The summed E-state index contributed by atoms with van der Waals surface area (Å²) in [5.41, 5.74) is 0. The Labute approximate surface area is 165 Å². The van der Waals surface area contributed by atoms with E-state index >= 15 is 0 Å². The summed E-state index contributed by atoms with van der Waals surface area (Å²) >= 11 is 0. The lowest BCUT2D eigenvalue weighted by Gasteiger charge is -2.34. The molecule has 158 valence electrons. The SMILES string of the molecule is CCCCCCCCCCCCC[Si](OC(C)C)(OC(C)C)OC(C)C. The molecule has 0 saturated heterocycles. The Morgan fingerprint density at radius 3 is 1.12 bits per heavy atom. The number of hydrogen-bond acceptors (Lipinski definition) is 3. The average Bonchev–Trinajstić information content (AvgIpc) is 2.50. The van der Waals surface area contributed by atoms with Gasteiger partial charge in [-0.2, -0.15) is 0 Å². The van der Waals surface area contributed by atoms with E-state index in [2.05, 4.69) is 48.5 Å². The molecule has 0 aliphatic carbocycles. The Balaban J connectivity index is 4.08. The topological polar surface area (TPSA) is 27.7 Å². The second kappa shape index (κ2) is 16.1. The van der Waals surface area contributed by atoms with Gasteiger partial charge in [-0.25, -0.2) is 0 Å². The third kappa shape index (κ3) is 15.2. The predicted octanol–water partition coefficient (Wildman–Crippen LogP) is 7.51. The summed E-state index contributed by atoms with van der Waals surface area (Å²) in [6, 6.07) is 0.943. The van der Waals surface area contributed by atoms with E-state index in [9.17, 15) is 0 Å². The molecule has 0 aliphatic heterocycles. The molecule has 0 saturated carbocycles. The molecular weight excluding hydrogens is 340 g/mol. The minimum atomic E-state index is -2.58. The highest BCUT2D eigenvalue weighted by atomic mass is 28.4. The summed E-state index contributed by atoms with van der Waals surface area (Å²) in [6.07, 6.45) is 15.3. The van der Waals surface area contributed by atoms with Crippen LogP contribution in [0, 0.1) is 0 Å². The lowest BCUT2D eigenvalue weighted by Crippen LogP contribution is -2.50. The van der Waals surface area contributed by atoms with E-state index in [-0.39, 0.29) is 18.3 Å². The van der Waals surface area contributed by atoms with Crippen molar-refractivity contribution >= 4 is 8.80 Å². The van der Waals surface area contributed by atoms with Crippen molar-refractivity contribution in [3.05, 3.63) is 0 Å². The fraction of sp³-hybridized carbons (Fsp3) is 1.00. The first kappa shape index (κ1) is 26.1. The van der Waals surface area contributed by atoms with Crippen LogP contribution in [-0.4, -0.2) is 27.1 Å². The molecule has 3 nitrogen and oxygen atoms in total. The molecule has 0 fully saturated rings. The van der Waals surface area contributed by atoms with Gasteiger partial charge in [0.1, 0.15) is 0 Å². The molecule has 0 aromatic carbocycles. The summed E-state index contributed by atoms with van der Waals surface area (Å²) in [7, 11) is -2.58. The molecule has 0 spiro atoms. The van der Waals surface area contributed by atoms with Crippen LogP contribution in [-0.2, 0) is 13.3 Å². The quantitative estimate of drug-likeness (QED) is 0.179. The molecule has 0 radical (unpaired) electrons. The van der Waals surface area contributed by atoms with Crippen molar-refractivity contribution < 1.29 is 13.3 Å². The summed E-state index contributed by atoms with van der Waals surface area (Å²) in [5, 5.41) is 0. The summed E-state index contributed by atoms with van der Waals surface area (Å²) in [5.74, 6) is 0. The Morgan fingerprint density at radius 1 is 0.500 bits per heavy atom. The fourth-order valence-corrected chi connectivity index (χ4v) is 6.70. The van der Waals surface area contributed by atoms with Gasteiger partial charge in [-0.3, -0.25) is 0 Å². The third-order valence-corrected chi connectivity index (χ3v) is 7.79. The van der Waals surface area contributed by atoms with E-state index < -0.39 is 8.80 Å². The van der Waals surface area contributed by atoms with E-state index in [1.54, 1.807) is 0 Å². The van der Waals surface area contributed by atoms with E-state index in [4.69, 9.17) is 13.3 Å². The molecule has 26 heavy (non-hydrogen) atoms. The normalized spacial score (nSPS) is 12.7. The van der Waals surface area contributed by atoms with Crippen LogP contribution in [0.2, 0.25) is 6.04 Å². The highest BCUT2D eigenvalue weighted by Crippen LogP contribution is 2.25. The zero-order valence-electron chi connectivity index (χ0n) is 18.9. The van der Waals surface area contributed by atoms with E-state index in [0.717, 1.165) is 12.5 Å². The Hall–Kier alpha value is 0.0969. The van der Waals surface area contributed by atoms with Gasteiger partial charge in [-0.1, -0.05) is 71.1 Å². The van der Waals surface area contributed by atoms with Crippen molar-refractivity contribution in [2.75, 3.05) is 0 Å². The third-order valence-electron chi connectivity index (χ3n) is 4.33. The molecule has 0 atom stereocenters. The highest BCUT2D eigenvalue weighted by Gasteiger charge is 2.43. The van der Waals surface area contributed by atoms with Crippen molar-refractivity contribution in [1.29, 1.82) is 0 Å². The van der Waals surface area contributed by atoms with Crippen LogP contribution in [0.5, 0.6) is 0 Å². The molecule has 0 aliphatic rings. The first-order valence-electron chi connectivity index (χ1n) is 11.3. The van der Waals surface area contributed by atoms with Crippen molar-refractivity contribution in [3.63, 3.8) is 0 Å². The molecule has 4 heteroatoms. The Bertz CT molecular complexity index is 279. The van der Waals surface area contributed by atoms with E-state index in [0.29, 0.717) is 0 Å². The molecule has 0 aromatic heterocycles. The fourth-order valence-electron chi connectivity index (χ4n) is 3.34. The monoisotopic (exact) mass is 388 g/mol. The number of hydrogen-bond donors (Lipinski definition) is 0. The van der Waals surface area contributed by atoms with Gasteiger partial charge in [-0.05, 0) is 48.0 Å². The minimum absolute atomic E-state index is 0.145. The number of rotatable bonds is 18. The van der Waals surface area contributed by atoms with Gasteiger partial charge in [-0.15, -0.1) is 0 Å². The van der Waals surface area contributed by atoms with E-state index in [1.165, 1.54) is 64.2 Å². The van der Waals surface area contributed by atoms with Crippen molar-refractivity contribution in [3.8, 4) is 0 Å². The second-order valence-electron chi connectivity index (χ2n) is 8.47. The second-order valence-corrected chi connectivity index (χ2v) is 11.0. The molecule has 0 N–H and O–H groups in total. The van der Waals surface area contributed by atoms with E-state index in [1.807, 2.05) is 0 Å².